The molecule has 102 valence electrons. The van der Waals surface area contributed by atoms with Gasteiger partial charge >= 0.3 is 0 Å². The molecule has 2 aliphatic rings. The van der Waals surface area contributed by atoms with Gasteiger partial charge < -0.3 is 16.3 Å². The molecule has 2 aliphatic carbocycles. The molecular weight excluding hydrogens is 230 g/mol. The average Bonchev–Trinajstić information content (AvgIpc) is 2.81. The summed E-state index contributed by atoms with van der Waals surface area (Å²) < 4.78 is 0. The van der Waals surface area contributed by atoms with Crippen molar-refractivity contribution in [1.82, 2.24) is 5.32 Å². The van der Waals surface area contributed by atoms with Gasteiger partial charge in [-0.3, -0.25) is 4.79 Å². The largest absolute Gasteiger partial charge is 0.409 e. The molecule has 5 nitrogen and oxygen atoms in total. The highest BCUT2D eigenvalue weighted by molar-refractivity contribution is 6.07. The topological polar surface area (TPSA) is 87.7 Å². The van der Waals surface area contributed by atoms with Gasteiger partial charge in [-0.15, -0.1) is 0 Å². The predicted octanol–water partition coefficient (Wildman–Crippen LogP) is 1.60. The molecular formula is C13H23N3O2. The Labute approximate surface area is 108 Å². The summed E-state index contributed by atoms with van der Waals surface area (Å²) in [6.07, 6.45) is 8.28. The van der Waals surface area contributed by atoms with Crippen molar-refractivity contribution in [2.24, 2.45) is 22.2 Å². The number of carbonyl (C=O) groups excluding carboxylic acids is 1. The zero-order chi connectivity index (χ0) is 13.0. The molecule has 0 bridgehead atoms. The van der Waals surface area contributed by atoms with Gasteiger partial charge in [0.1, 0.15) is 5.41 Å². The maximum Gasteiger partial charge on any atom is 0.233 e. The second kappa shape index (κ2) is 5.59. The number of hydrogen-bond donors (Lipinski definition) is 3. The van der Waals surface area contributed by atoms with E-state index >= 15 is 0 Å². The summed E-state index contributed by atoms with van der Waals surface area (Å²) in [7, 11) is 0. The number of rotatable bonds is 5. The molecule has 0 unspecified atom stereocenters. The summed E-state index contributed by atoms with van der Waals surface area (Å²) in [6, 6.07) is 0. The van der Waals surface area contributed by atoms with Crippen molar-refractivity contribution in [2.75, 3.05) is 6.54 Å². The smallest absolute Gasteiger partial charge is 0.233 e. The van der Waals surface area contributed by atoms with Gasteiger partial charge in [0, 0.05) is 6.54 Å². The van der Waals surface area contributed by atoms with Gasteiger partial charge in [-0.05, 0) is 25.2 Å². The Bertz CT molecular complexity index is 331. The van der Waals surface area contributed by atoms with E-state index in [1.807, 2.05) is 0 Å². The maximum atomic E-state index is 12.3. The molecule has 2 saturated carbocycles. The Morgan fingerprint density at radius 2 is 2.00 bits per heavy atom. The Hall–Kier alpha value is -1.26. The summed E-state index contributed by atoms with van der Waals surface area (Å²) in [5, 5.41) is 14.9. The number of amides is 1. The fraction of sp³-hybridized carbons (Fsp3) is 0.846. The van der Waals surface area contributed by atoms with Crippen LogP contribution in [-0.4, -0.2) is 23.5 Å². The van der Waals surface area contributed by atoms with Crippen LogP contribution in [0, 0.1) is 11.3 Å². The van der Waals surface area contributed by atoms with Gasteiger partial charge in [-0.2, -0.15) is 0 Å². The van der Waals surface area contributed by atoms with E-state index in [2.05, 4.69) is 10.5 Å². The zero-order valence-corrected chi connectivity index (χ0v) is 10.8. The fourth-order valence-electron chi connectivity index (χ4n) is 3.01. The normalized spacial score (nSPS) is 23.7. The number of amidine groups is 1. The molecule has 1 amide bonds. The van der Waals surface area contributed by atoms with Crippen LogP contribution in [0.5, 0.6) is 0 Å². The van der Waals surface area contributed by atoms with Gasteiger partial charge in [0.25, 0.3) is 0 Å². The molecule has 0 radical (unpaired) electrons. The van der Waals surface area contributed by atoms with E-state index in [-0.39, 0.29) is 11.7 Å². The van der Waals surface area contributed by atoms with E-state index < -0.39 is 5.41 Å². The lowest BCUT2D eigenvalue weighted by Gasteiger charge is -2.28. The first-order valence-electron chi connectivity index (χ1n) is 6.95. The lowest BCUT2D eigenvalue weighted by atomic mass is 9.82. The molecule has 18 heavy (non-hydrogen) atoms. The minimum absolute atomic E-state index is 0.0605. The van der Waals surface area contributed by atoms with Gasteiger partial charge in [0.05, 0.1) is 0 Å². The summed E-state index contributed by atoms with van der Waals surface area (Å²) in [4.78, 5) is 12.3. The Morgan fingerprint density at radius 3 is 2.50 bits per heavy atom. The zero-order valence-electron chi connectivity index (χ0n) is 10.8. The highest BCUT2D eigenvalue weighted by Gasteiger charge is 2.45. The number of nitrogens with two attached hydrogens (primary N) is 1. The van der Waals surface area contributed by atoms with Crippen LogP contribution in [0.4, 0.5) is 0 Å². The standard InChI is InChI=1S/C13H23N3O2/c14-11(16-18)13(7-1-2-8-13)12(17)15-9-6-10-4-3-5-10/h10,18H,1-9H2,(H2,14,16)(H,15,17). The molecule has 2 fully saturated rings. The Balaban J connectivity index is 1.87. The molecule has 0 aromatic carbocycles. The lowest BCUT2D eigenvalue weighted by molar-refractivity contribution is -0.127. The van der Waals surface area contributed by atoms with E-state index in [1.54, 1.807) is 0 Å². The van der Waals surface area contributed by atoms with Crippen LogP contribution in [0.1, 0.15) is 51.4 Å². The van der Waals surface area contributed by atoms with Crippen LogP contribution in [0.2, 0.25) is 0 Å². The SMILES string of the molecule is NC(=NO)C1(C(=O)NCCC2CCC2)CCCC1. The van der Waals surface area contributed by atoms with Gasteiger partial charge in [-0.25, -0.2) is 0 Å². The number of hydrogen-bond acceptors (Lipinski definition) is 3. The second-order valence-corrected chi connectivity index (χ2v) is 5.62. The summed E-state index contributed by atoms with van der Waals surface area (Å²) >= 11 is 0. The number of nitrogens with one attached hydrogen (secondary N) is 1. The number of oxime groups is 1. The fourth-order valence-corrected chi connectivity index (χ4v) is 3.01. The van der Waals surface area contributed by atoms with Crippen LogP contribution < -0.4 is 11.1 Å². The number of nitrogens with zero attached hydrogens (tertiary/aromatic N) is 1. The van der Waals surface area contributed by atoms with E-state index in [1.165, 1.54) is 19.3 Å². The number of carbonyl (C=O) groups is 1. The highest BCUT2D eigenvalue weighted by Crippen LogP contribution is 2.38. The molecule has 0 spiro atoms. The second-order valence-electron chi connectivity index (χ2n) is 5.62. The first-order valence-corrected chi connectivity index (χ1v) is 6.95. The monoisotopic (exact) mass is 253 g/mol. The van der Waals surface area contributed by atoms with Crippen molar-refractivity contribution < 1.29 is 10.0 Å². The predicted molar refractivity (Wildman–Crippen MR) is 69.3 cm³/mol. The van der Waals surface area contributed by atoms with Gasteiger partial charge in [-0.1, -0.05) is 37.3 Å². The van der Waals surface area contributed by atoms with Crippen LogP contribution >= 0.6 is 0 Å². The van der Waals surface area contributed by atoms with Crippen LogP contribution in [0.25, 0.3) is 0 Å². The summed E-state index contributed by atoms with van der Waals surface area (Å²) in [6.45, 7) is 0.712. The maximum absolute atomic E-state index is 12.3. The molecule has 0 atom stereocenters. The van der Waals surface area contributed by atoms with Crippen molar-refractivity contribution in [2.45, 2.75) is 51.4 Å². The molecule has 0 aromatic rings. The van der Waals surface area contributed by atoms with E-state index in [9.17, 15) is 4.79 Å². The molecule has 4 N–H and O–H groups in total. The van der Waals surface area contributed by atoms with Crippen molar-refractivity contribution in [3.63, 3.8) is 0 Å². The van der Waals surface area contributed by atoms with Gasteiger partial charge in [0.15, 0.2) is 5.84 Å². The molecule has 0 aromatic heterocycles. The minimum Gasteiger partial charge on any atom is -0.409 e. The third kappa shape index (κ3) is 2.44. The molecule has 0 saturated heterocycles. The quantitative estimate of drug-likeness (QED) is 0.301. The average molecular weight is 253 g/mol. The van der Waals surface area contributed by atoms with E-state index in [4.69, 9.17) is 10.9 Å². The van der Waals surface area contributed by atoms with E-state index in [0.29, 0.717) is 19.4 Å². The summed E-state index contributed by atoms with van der Waals surface area (Å²) in [5.74, 6) is 0.796. The molecule has 0 heterocycles. The van der Waals surface area contributed by atoms with Crippen LogP contribution in [0.3, 0.4) is 0 Å². The highest BCUT2D eigenvalue weighted by atomic mass is 16.4. The Morgan fingerprint density at radius 1 is 1.33 bits per heavy atom. The molecule has 2 rings (SSSR count). The van der Waals surface area contributed by atoms with Crippen LogP contribution in [0.15, 0.2) is 5.16 Å². The van der Waals surface area contributed by atoms with Crippen LogP contribution in [-0.2, 0) is 4.79 Å². The van der Waals surface area contributed by atoms with E-state index in [0.717, 1.165) is 25.2 Å². The minimum atomic E-state index is -0.756. The van der Waals surface area contributed by atoms with Crippen molar-refractivity contribution in [1.29, 1.82) is 0 Å². The lowest BCUT2D eigenvalue weighted by Crippen LogP contribution is -2.48. The first kappa shape index (κ1) is 13.2. The molecule has 5 heteroatoms. The third-order valence-corrected chi connectivity index (χ3v) is 4.55. The third-order valence-electron chi connectivity index (χ3n) is 4.55. The Kier molecular flexibility index (Phi) is 4.09. The summed E-state index contributed by atoms with van der Waals surface area (Å²) in [5.41, 5.74) is 4.97. The molecule has 0 aliphatic heterocycles. The van der Waals surface area contributed by atoms with Crippen molar-refractivity contribution in [3.05, 3.63) is 0 Å². The first-order chi connectivity index (χ1) is 8.69. The van der Waals surface area contributed by atoms with Gasteiger partial charge in [0.2, 0.25) is 5.91 Å². The van der Waals surface area contributed by atoms with Crippen molar-refractivity contribution >= 4 is 11.7 Å². The van der Waals surface area contributed by atoms with Crippen molar-refractivity contribution in [3.8, 4) is 0 Å².